The van der Waals surface area contributed by atoms with Gasteiger partial charge in [0.1, 0.15) is 0 Å². The largest absolute Gasteiger partial charge is 0.389 e. The summed E-state index contributed by atoms with van der Waals surface area (Å²) in [7, 11) is -1.10. The van der Waals surface area contributed by atoms with Crippen LogP contribution in [0.4, 0.5) is 0 Å². The van der Waals surface area contributed by atoms with E-state index >= 15 is 0 Å². The van der Waals surface area contributed by atoms with Crippen LogP contribution in [0.3, 0.4) is 0 Å². The number of hydrogen-bond donors (Lipinski definition) is 1. The van der Waals surface area contributed by atoms with E-state index in [1.54, 1.807) is 0 Å². The average molecular weight is 252 g/mol. The molecule has 0 heterocycles. The van der Waals surface area contributed by atoms with Gasteiger partial charge in [-0.25, -0.2) is 0 Å². The Morgan fingerprint density at radius 1 is 1.29 bits per heavy atom. The van der Waals surface area contributed by atoms with Crippen molar-refractivity contribution in [2.24, 2.45) is 0 Å². The minimum atomic E-state index is -1.10. The molecule has 0 aliphatic heterocycles. The van der Waals surface area contributed by atoms with Crippen molar-refractivity contribution in [3.05, 3.63) is 29.8 Å². The van der Waals surface area contributed by atoms with Crippen LogP contribution in [-0.4, -0.2) is 20.2 Å². The maximum absolute atomic E-state index is 12.5. The Balaban J connectivity index is 2.21. The predicted octanol–water partition coefficient (Wildman–Crippen LogP) is 2.80. The van der Waals surface area contributed by atoms with Gasteiger partial charge in [-0.15, -0.1) is 0 Å². The third-order valence-electron chi connectivity index (χ3n) is 3.60. The Morgan fingerprint density at radius 2 is 1.94 bits per heavy atom. The molecule has 3 atom stereocenters. The molecule has 1 aliphatic carbocycles. The van der Waals surface area contributed by atoms with Gasteiger partial charge in [-0.3, -0.25) is 4.21 Å². The average Bonchev–Trinajstić information content (AvgIpc) is 2.28. The first-order valence-electron chi connectivity index (χ1n) is 6.20. The first-order valence-corrected chi connectivity index (χ1v) is 7.41. The van der Waals surface area contributed by atoms with Crippen molar-refractivity contribution in [3.63, 3.8) is 0 Å². The van der Waals surface area contributed by atoms with E-state index in [0.29, 0.717) is 0 Å². The fourth-order valence-electron chi connectivity index (χ4n) is 2.46. The highest BCUT2D eigenvalue weighted by atomic mass is 32.2. The van der Waals surface area contributed by atoms with E-state index in [0.717, 1.165) is 30.6 Å². The number of rotatable bonds is 2. The Bertz CT molecular complexity index is 409. The zero-order valence-electron chi connectivity index (χ0n) is 10.5. The van der Waals surface area contributed by atoms with E-state index in [9.17, 15) is 9.32 Å². The van der Waals surface area contributed by atoms with Gasteiger partial charge in [0.2, 0.25) is 0 Å². The lowest BCUT2D eigenvalue weighted by Gasteiger charge is -2.36. The summed E-state index contributed by atoms with van der Waals surface area (Å²) < 4.78 is 12.5. The summed E-state index contributed by atoms with van der Waals surface area (Å²) in [5.41, 5.74) is 0.384. The molecule has 1 unspecified atom stereocenters. The molecule has 17 heavy (non-hydrogen) atoms. The lowest BCUT2D eigenvalue weighted by molar-refractivity contribution is 0.0277. The summed E-state index contributed by atoms with van der Waals surface area (Å²) in [4.78, 5) is 0.836. The van der Waals surface area contributed by atoms with E-state index in [4.69, 9.17) is 0 Å². The smallest absolute Gasteiger partial charge is 0.0766 e. The predicted molar refractivity (Wildman–Crippen MR) is 70.5 cm³/mol. The van der Waals surface area contributed by atoms with Crippen molar-refractivity contribution in [2.75, 3.05) is 0 Å². The topological polar surface area (TPSA) is 37.3 Å². The zero-order chi connectivity index (χ0) is 12.5. The minimum Gasteiger partial charge on any atom is -0.389 e. The van der Waals surface area contributed by atoms with Crippen molar-refractivity contribution >= 4 is 10.8 Å². The molecule has 0 saturated heterocycles. The molecule has 0 amide bonds. The van der Waals surface area contributed by atoms with Gasteiger partial charge in [0, 0.05) is 4.90 Å². The molecule has 1 N–H and O–H groups in total. The van der Waals surface area contributed by atoms with E-state index in [1.807, 2.05) is 38.1 Å². The Morgan fingerprint density at radius 3 is 2.53 bits per heavy atom. The quantitative estimate of drug-likeness (QED) is 0.879. The van der Waals surface area contributed by atoms with Crippen LogP contribution in [0.15, 0.2) is 29.2 Å². The lowest BCUT2D eigenvalue weighted by Crippen LogP contribution is -2.44. The lowest BCUT2D eigenvalue weighted by atomic mass is 9.86. The summed E-state index contributed by atoms with van der Waals surface area (Å²) in [5, 5.41) is 10.2. The SMILES string of the molecule is Cc1ccc(S(=O)[C@H]2CCCC[C@@]2(C)O)cc1. The molecule has 3 heteroatoms. The molecule has 2 nitrogen and oxygen atoms in total. The van der Waals surface area contributed by atoms with Crippen molar-refractivity contribution in [1.82, 2.24) is 0 Å². The molecule has 1 aromatic rings. The third-order valence-corrected chi connectivity index (χ3v) is 5.60. The molecule has 0 radical (unpaired) electrons. The van der Waals surface area contributed by atoms with Gasteiger partial charge in [-0.2, -0.15) is 0 Å². The maximum atomic E-state index is 12.5. The van der Waals surface area contributed by atoms with Crippen molar-refractivity contribution in [2.45, 2.75) is 55.3 Å². The standard InChI is InChI=1S/C14H20O2S/c1-11-6-8-12(9-7-11)17(16)13-5-3-4-10-14(13,2)15/h6-9,13,15H,3-5,10H2,1-2H3/t13-,14+,17?/m0/s1. The molecule has 1 aliphatic rings. The fourth-order valence-corrected chi connectivity index (χ4v) is 4.15. The van der Waals surface area contributed by atoms with Crippen molar-refractivity contribution in [1.29, 1.82) is 0 Å². The van der Waals surface area contributed by atoms with Crippen LogP contribution in [0, 0.1) is 6.92 Å². The summed E-state index contributed by atoms with van der Waals surface area (Å²) in [5.74, 6) is 0. The summed E-state index contributed by atoms with van der Waals surface area (Å²) in [6, 6.07) is 7.78. The molecular weight excluding hydrogens is 232 g/mol. The van der Waals surface area contributed by atoms with Crippen LogP contribution in [-0.2, 0) is 10.8 Å². The van der Waals surface area contributed by atoms with Crippen LogP contribution < -0.4 is 0 Å². The number of benzene rings is 1. The van der Waals surface area contributed by atoms with Gasteiger partial charge in [0.15, 0.2) is 0 Å². The van der Waals surface area contributed by atoms with E-state index < -0.39 is 16.4 Å². The van der Waals surface area contributed by atoms with E-state index in [-0.39, 0.29) is 5.25 Å². The number of hydrogen-bond acceptors (Lipinski definition) is 2. The molecular formula is C14H20O2S. The highest BCUT2D eigenvalue weighted by molar-refractivity contribution is 7.85. The Kier molecular flexibility index (Phi) is 3.69. The van der Waals surface area contributed by atoms with Crippen molar-refractivity contribution < 1.29 is 9.32 Å². The first-order chi connectivity index (χ1) is 8.00. The third kappa shape index (κ3) is 2.78. The fraction of sp³-hybridized carbons (Fsp3) is 0.571. The van der Waals surface area contributed by atoms with Crippen LogP contribution in [0.25, 0.3) is 0 Å². The van der Waals surface area contributed by atoms with E-state index in [2.05, 4.69) is 0 Å². The van der Waals surface area contributed by atoms with Crippen LogP contribution in [0.2, 0.25) is 0 Å². The number of aryl methyl sites for hydroxylation is 1. The monoisotopic (exact) mass is 252 g/mol. The normalized spacial score (nSPS) is 31.1. The molecule has 0 aromatic heterocycles. The molecule has 2 rings (SSSR count). The van der Waals surface area contributed by atoms with Gasteiger partial charge in [0.05, 0.1) is 21.7 Å². The van der Waals surface area contributed by atoms with Crippen LogP contribution >= 0.6 is 0 Å². The molecule has 0 bridgehead atoms. The van der Waals surface area contributed by atoms with Crippen molar-refractivity contribution in [3.8, 4) is 0 Å². The molecule has 1 aromatic carbocycles. The van der Waals surface area contributed by atoms with Crippen LogP contribution in [0.5, 0.6) is 0 Å². The zero-order valence-corrected chi connectivity index (χ0v) is 11.3. The molecule has 1 fully saturated rings. The van der Waals surface area contributed by atoms with E-state index in [1.165, 1.54) is 5.56 Å². The van der Waals surface area contributed by atoms with Gasteiger partial charge in [-0.05, 0) is 38.8 Å². The molecule has 1 saturated carbocycles. The van der Waals surface area contributed by atoms with Gasteiger partial charge in [0.25, 0.3) is 0 Å². The minimum absolute atomic E-state index is 0.126. The highest BCUT2D eigenvalue weighted by Gasteiger charge is 2.38. The van der Waals surface area contributed by atoms with Gasteiger partial charge >= 0.3 is 0 Å². The van der Waals surface area contributed by atoms with Gasteiger partial charge in [-0.1, -0.05) is 30.5 Å². The Labute approximate surface area is 106 Å². The maximum Gasteiger partial charge on any atom is 0.0766 e. The second-order valence-corrected chi connectivity index (χ2v) is 6.84. The summed E-state index contributed by atoms with van der Waals surface area (Å²) in [6.07, 6.45) is 3.72. The van der Waals surface area contributed by atoms with Gasteiger partial charge < -0.3 is 5.11 Å². The highest BCUT2D eigenvalue weighted by Crippen LogP contribution is 2.33. The second kappa shape index (κ2) is 4.91. The van der Waals surface area contributed by atoms with Crippen LogP contribution in [0.1, 0.15) is 38.2 Å². The number of aliphatic hydroxyl groups is 1. The molecule has 0 spiro atoms. The second-order valence-electron chi connectivity index (χ2n) is 5.20. The summed E-state index contributed by atoms with van der Waals surface area (Å²) >= 11 is 0. The molecule has 94 valence electrons. The first kappa shape index (κ1) is 12.8. The Hall–Kier alpha value is -0.670. The summed E-state index contributed by atoms with van der Waals surface area (Å²) in [6.45, 7) is 3.84.